The summed E-state index contributed by atoms with van der Waals surface area (Å²) in [6, 6.07) is 0. The molecule has 2 rings (SSSR count). The fraction of sp³-hybridized carbons (Fsp3) is 0.455. The molecule has 3 atom stereocenters. The van der Waals surface area contributed by atoms with Gasteiger partial charge in [0.25, 0.3) is 5.56 Å². The first-order valence-corrected chi connectivity index (χ1v) is 6.41. The van der Waals surface area contributed by atoms with Crippen LogP contribution in [0.1, 0.15) is 18.2 Å². The van der Waals surface area contributed by atoms with E-state index in [2.05, 4.69) is 5.92 Å². The van der Waals surface area contributed by atoms with Crippen molar-refractivity contribution in [2.75, 3.05) is 6.61 Å². The zero-order valence-electron chi connectivity index (χ0n) is 9.69. The second-order valence-electron chi connectivity index (χ2n) is 4.10. The zero-order valence-corrected chi connectivity index (χ0v) is 11.9. The Morgan fingerprint density at radius 2 is 2.26 bits per heavy atom. The smallest absolute Gasteiger partial charge is 0.342 e. The van der Waals surface area contributed by atoms with Gasteiger partial charge in [-0.2, -0.15) is 2.78 Å². The van der Waals surface area contributed by atoms with Crippen LogP contribution < -0.4 is 11.2 Å². The van der Waals surface area contributed by atoms with Crippen LogP contribution in [-0.2, 0) is 4.74 Å². The molecule has 0 radical (unpaired) electrons. The molecule has 1 aromatic heterocycles. The highest BCUT2D eigenvalue weighted by Gasteiger charge is 2.36. The molecular weight excluding hydrogens is 367 g/mol. The van der Waals surface area contributed by atoms with Crippen LogP contribution >= 0.6 is 22.9 Å². The summed E-state index contributed by atoms with van der Waals surface area (Å²) in [7, 11) is 0. The highest BCUT2D eigenvalue weighted by molar-refractivity contribution is 14.1. The summed E-state index contributed by atoms with van der Waals surface area (Å²) in [5.74, 6) is 2.18. The first-order chi connectivity index (χ1) is 8.99. The molecule has 0 aliphatic carbocycles. The van der Waals surface area contributed by atoms with Gasteiger partial charge in [0, 0.05) is 12.6 Å². The average Bonchev–Trinajstić information content (AvgIpc) is 2.78. The molecule has 0 spiro atoms. The van der Waals surface area contributed by atoms with Crippen molar-refractivity contribution in [2.24, 2.45) is 0 Å². The molecule has 8 heteroatoms. The molecule has 1 fully saturated rings. The molecular formula is C11H11IN2O5. The van der Waals surface area contributed by atoms with Gasteiger partial charge in [-0.15, -0.1) is 6.42 Å². The van der Waals surface area contributed by atoms with Crippen LogP contribution in [0.3, 0.4) is 0 Å². The van der Waals surface area contributed by atoms with E-state index in [-0.39, 0.29) is 18.6 Å². The molecule has 102 valence electrons. The molecule has 1 aliphatic heterocycles. The van der Waals surface area contributed by atoms with Crippen LogP contribution in [0.15, 0.2) is 15.8 Å². The maximum Gasteiger partial charge on any atom is 0.342 e. The third-order valence-electron chi connectivity index (χ3n) is 2.86. The van der Waals surface area contributed by atoms with Gasteiger partial charge in [0.05, 0.1) is 35.6 Å². The van der Waals surface area contributed by atoms with Gasteiger partial charge in [0.1, 0.15) is 11.7 Å². The van der Waals surface area contributed by atoms with Crippen LogP contribution in [0.5, 0.6) is 0 Å². The minimum atomic E-state index is -0.960. The number of aliphatic hydroxyl groups excluding tert-OH is 2. The van der Waals surface area contributed by atoms with Crippen LogP contribution in [0.2, 0.25) is 0 Å². The number of nitrogens with zero attached hydrogens (tertiary/aromatic N) is 2. The van der Waals surface area contributed by atoms with E-state index in [1.165, 1.54) is 6.20 Å². The second-order valence-corrected chi connectivity index (χ2v) is 5.06. The van der Waals surface area contributed by atoms with Gasteiger partial charge in [-0.1, -0.05) is 5.92 Å². The van der Waals surface area contributed by atoms with E-state index in [4.69, 9.17) is 16.3 Å². The number of hydrogen-bond acceptors (Lipinski definition) is 5. The minimum absolute atomic E-state index is 0.00255. The van der Waals surface area contributed by atoms with E-state index < -0.39 is 29.7 Å². The molecule has 7 nitrogen and oxygen atoms in total. The van der Waals surface area contributed by atoms with Crippen LogP contribution in [0.4, 0.5) is 0 Å². The van der Waals surface area contributed by atoms with Crippen molar-refractivity contribution in [1.29, 1.82) is 0 Å². The summed E-state index contributed by atoms with van der Waals surface area (Å²) in [4.78, 5) is 23.6. The monoisotopic (exact) mass is 378 g/mol. The van der Waals surface area contributed by atoms with Crippen molar-refractivity contribution in [3.8, 4) is 12.3 Å². The Morgan fingerprint density at radius 1 is 1.58 bits per heavy atom. The number of aliphatic hydroxyl groups is 2. The predicted octanol–water partition coefficient (Wildman–Crippen LogP) is -1.17. The fourth-order valence-corrected chi connectivity index (χ4v) is 2.43. The van der Waals surface area contributed by atoms with Gasteiger partial charge in [0.15, 0.2) is 6.23 Å². The number of ether oxygens (including phenoxy) is 1. The molecule has 2 heterocycles. The van der Waals surface area contributed by atoms with Crippen LogP contribution in [0.25, 0.3) is 0 Å². The zero-order chi connectivity index (χ0) is 14.2. The Labute approximate surface area is 121 Å². The Kier molecular flexibility index (Phi) is 4.10. The second kappa shape index (κ2) is 5.46. The maximum atomic E-state index is 12.0. The van der Waals surface area contributed by atoms with Gasteiger partial charge in [-0.3, -0.25) is 9.36 Å². The van der Waals surface area contributed by atoms with E-state index in [9.17, 15) is 14.7 Å². The molecule has 1 aromatic rings. The summed E-state index contributed by atoms with van der Waals surface area (Å²) in [5.41, 5.74) is -1.24. The normalized spacial score (nSPS) is 26.3. The fourth-order valence-electron chi connectivity index (χ4n) is 1.92. The summed E-state index contributed by atoms with van der Waals surface area (Å²) in [5, 5.41) is 18.9. The van der Waals surface area contributed by atoms with Crippen LogP contribution in [0, 0.1) is 12.3 Å². The number of halogens is 1. The number of aromatic nitrogens is 2. The molecule has 1 unspecified atom stereocenters. The summed E-state index contributed by atoms with van der Waals surface area (Å²) in [6.45, 7) is -0.256. The first kappa shape index (κ1) is 14.3. The standard InChI is InChI=1S/C11H11IN2O5/c1-2-6-4-13(11(18)14(12)9(6)17)10-8(16)3-7(5-15)19-10/h1,4,7-8,10,15-16H,3,5H2/t7-,8?,10+/m1/s1. The Bertz CT molecular complexity index is 644. The van der Waals surface area contributed by atoms with Crippen molar-refractivity contribution >= 4 is 22.9 Å². The minimum Gasteiger partial charge on any atom is -0.394 e. The van der Waals surface area contributed by atoms with Gasteiger partial charge in [-0.05, 0) is 0 Å². The Morgan fingerprint density at radius 3 is 2.79 bits per heavy atom. The first-order valence-electron chi connectivity index (χ1n) is 5.45. The van der Waals surface area contributed by atoms with Gasteiger partial charge >= 0.3 is 5.69 Å². The van der Waals surface area contributed by atoms with E-state index >= 15 is 0 Å². The number of rotatable bonds is 2. The maximum absolute atomic E-state index is 12.0. The van der Waals surface area contributed by atoms with E-state index in [0.29, 0.717) is 0 Å². The molecule has 1 aliphatic rings. The molecule has 0 bridgehead atoms. The molecule has 0 aromatic carbocycles. The number of hydrogen-bond donors (Lipinski definition) is 2. The lowest BCUT2D eigenvalue weighted by molar-refractivity contribution is -0.0531. The predicted molar refractivity (Wildman–Crippen MR) is 73.9 cm³/mol. The lowest BCUT2D eigenvalue weighted by atomic mass is 10.2. The topological polar surface area (TPSA) is 93.7 Å². The third kappa shape index (κ3) is 2.46. The van der Waals surface area contributed by atoms with E-state index in [1.54, 1.807) is 22.9 Å². The van der Waals surface area contributed by atoms with Gasteiger partial charge < -0.3 is 14.9 Å². The Hall–Kier alpha value is -1.15. The van der Waals surface area contributed by atoms with Crippen molar-refractivity contribution in [1.82, 2.24) is 7.35 Å². The van der Waals surface area contributed by atoms with E-state index in [0.717, 1.165) is 7.35 Å². The average molecular weight is 378 g/mol. The highest BCUT2D eigenvalue weighted by Crippen LogP contribution is 2.27. The lowest BCUT2D eigenvalue weighted by Crippen LogP contribution is -2.40. The van der Waals surface area contributed by atoms with Crippen molar-refractivity contribution in [3.05, 3.63) is 32.6 Å². The number of terminal acetylenes is 1. The third-order valence-corrected chi connectivity index (χ3v) is 3.72. The van der Waals surface area contributed by atoms with Gasteiger partial charge in [-0.25, -0.2) is 4.79 Å². The quantitative estimate of drug-likeness (QED) is 0.500. The molecule has 0 amide bonds. The Balaban J connectivity index is 2.53. The summed E-state index contributed by atoms with van der Waals surface area (Å²) < 4.78 is 7.26. The molecule has 1 saturated heterocycles. The molecule has 19 heavy (non-hydrogen) atoms. The van der Waals surface area contributed by atoms with Crippen LogP contribution in [-0.4, -0.2) is 36.4 Å². The summed E-state index contributed by atoms with van der Waals surface area (Å²) >= 11 is 1.54. The molecule has 0 saturated carbocycles. The summed E-state index contributed by atoms with van der Waals surface area (Å²) in [6.07, 6.45) is 4.14. The van der Waals surface area contributed by atoms with Crippen molar-refractivity contribution in [2.45, 2.75) is 24.9 Å². The molecule has 2 N–H and O–H groups in total. The largest absolute Gasteiger partial charge is 0.394 e. The SMILES string of the molecule is C#Cc1cn([C@H]2O[C@@H](CO)CC2O)c(=O)n(I)c1=O. The van der Waals surface area contributed by atoms with E-state index in [1.807, 2.05) is 0 Å². The van der Waals surface area contributed by atoms with Gasteiger partial charge in [0.2, 0.25) is 0 Å². The van der Waals surface area contributed by atoms with Crippen molar-refractivity contribution < 1.29 is 14.9 Å². The lowest BCUT2D eigenvalue weighted by Gasteiger charge is -2.18. The highest BCUT2D eigenvalue weighted by atomic mass is 127. The van der Waals surface area contributed by atoms with Crippen molar-refractivity contribution in [3.63, 3.8) is 0 Å².